The summed E-state index contributed by atoms with van der Waals surface area (Å²) in [6.07, 6.45) is 4.16. The summed E-state index contributed by atoms with van der Waals surface area (Å²) in [4.78, 5) is 23.9. The molecule has 25 heavy (non-hydrogen) atoms. The number of aromatic nitrogens is 2. The molecular formula is C20H19N3OS. The Labute approximate surface area is 151 Å². The van der Waals surface area contributed by atoms with Crippen LogP contribution in [-0.2, 0) is 11.2 Å². The van der Waals surface area contributed by atoms with Crippen LogP contribution < -0.4 is 0 Å². The summed E-state index contributed by atoms with van der Waals surface area (Å²) in [6, 6.07) is 16.1. The Kier molecular flexibility index (Phi) is 4.57. The molecule has 4 rings (SSSR count). The lowest BCUT2D eigenvalue weighted by molar-refractivity contribution is -0.131. The van der Waals surface area contributed by atoms with Crippen LogP contribution in [0.2, 0.25) is 0 Å². The van der Waals surface area contributed by atoms with E-state index in [0.29, 0.717) is 6.42 Å². The van der Waals surface area contributed by atoms with Crippen LogP contribution in [-0.4, -0.2) is 27.3 Å². The van der Waals surface area contributed by atoms with Crippen LogP contribution in [0.15, 0.2) is 60.1 Å². The fourth-order valence-corrected chi connectivity index (χ4v) is 4.13. The highest BCUT2D eigenvalue weighted by molar-refractivity contribution is 7.13. The van der Waals surface area contributed by atoms with Crippen molar-refractivity contribution in [2.45, 2.75) is 25.3 Å². The number of benzene rings is 1. The molecule has 1 amide bonds. The van der Waals surface area contributed by atoms with Gasteiger partial charge < -0.3 is 4.90 Å². The van der Waals surface area contributed by atoms with Gasteiger partial charge in [-0.2, -0.15) is 0 Å². The van der Waals surface area contributed by atoms with Crippen LogP contribution in [0.1, 0.15) is 30.3 Å². The van der Waals surface area contributed by atoms with E-state index >= 15 is 0 Å². The number of hydrogen-bond donors (Lipinski definition) is 0. The molecule has 1 saturated heterocycles. The second kappa shape index (κ2) is 7.15. The largest absolute Gasteiger partial charge is 0.334 e. The maximum absolute atomic E-state index is 12.8. The molecule has 1 atom stereocenters. The standard InChI is InChI=1S/C20H19N3OS/c24-19(23-12-6-10-18(23)17-9-4-5-11-21-17)13-16-14-25-20(22-16)15-7-2-1-3-8-15/h1-5,7-9,11,14,18H,6,10,12-13H2/t18-/m0/s1. The third kappa shape index (κ3) is 3.46. The monoisotopic (exact) mass is 349 g/mol. The maximum atomic E-state index is 12.8. The third-order valence-corrected chi connectivity index (χ3v) is 5.45. The molecule has 1 aliphatic rings. The second-order valence-corrected chi connectivity index (χ2v) is 7.04. The minimum atomic E-state index is 0.0981. The van der Waals surface area contributed by atoms with E-state index in [1.165, 1.54) is 0 Å². The van der Waals surface area contributed by atoms with Crippen LogP contribution >= 0.6 is 11.3 Å². The Hall–Kier alpha value is -2.53. The minimum absolute atomic E-state index is 0.0981. The highest BCUT2D eigenvalue weighted by atomic mass is 32.1. The number of carbonyl (C=O) groups is 1. The van der Waals surface area contributed by atoms with Crippen molar-refractivity contribution in [3.8, 4) is 10.6 Å². The van der Waals surface area contributed by atoms with Crippen molar-refractivity contribution in [1.82, 2.24) is 14.9 Å². The van der Waals surface area contributed by atoms with Gasteiger partial charge in [-0.3, -0.25) is 9.78 Å². The lowest BCUT2D eigenvalue weighted by Gasteiger charge is -2.24. The molecule has 3 heterocycles. The Balaban J connectivity index is 1.48. The normalized spacial score (nSPS) is 17.0. The molecule has 1 aliphatic heterocycles. The van der Waals surface area contributed by atoms with Crippen molar-refractivity contribution in [2.75, 3.05) is 6.54 Å². The van der Waals surface area contributed by atoms with Crippen molar-refractivity contribution in [1.29, 1.82) is 0 Å². The van der Waals surface area contributed by atoms with Crippen LogP contribution in [0.5, 0.6) is 0 Å². The Morgan fingerprint density at radius 1 is 1.16 bits per heavy atom. The van der Waals surface area contributed by atoms with E-state index in [9.17, 15) is 4.79 Å². The van der Waals surface area contributed by atoms with E-state index in [1.54, 1.807) is 17.5 Å². The molecule has 1 aromatic carbocycles. The molecule has 4 nitrogen and oxygen atoms in total. The summed E-state index contributed by atoms with van der Waals surface area (Å²) >= 11 is 1.59. The van der Waals surface area contributed by atoms with Gasteiger partial charge in [-0.25, -0.2) is 4.98 Å². The van der Waals surface area contributed by atoms with E-state index in [2.05, 4.69) is 9.97 Å². The molecule has 0 aliphatic carbocycles. The summed E-state index contributed by atoms with van der Waals surface area (Å²) in [6.45, 7) is 0.801. The van der Waals surface area contributed by atoms with Gasteiger partial charge in [0.05, 0.1) is 23.9 Å². The summed E-state index contributed by atoms with van der Waals surface area (Å²) in [5.41, 5.74) is 2.93. The lowest BCUT2D eigenvalue weighted by Crippen LogP contribution is -2.32. The number of pyridine rings is 1. The van der Waals surface area contributed by atoms with Crippen molar-refractivity contribution >= 4 is 17.2 Å². The van der Waals surface area contributed by atoms with E-state index in [1.807, 2.05) is 58.8 Å². The first-order chi connectivity index (χ1) is 12.3. The van der Waals surface area contributed by atoms with Gasteiger partial charge >= 0.3 is 0 Å². The zero-order valence-corrected chi connectivity index (χ0v) is 14.7. The second-order valence-electron chi connectivity index (χ2n) is 6.19. The van der Waals surface area contributed by atoms with Gasteiger partial charge in [-0.05, 0) is 25.0 Å². The van der Waals surface area contributed by atoms with Crippen LogP contribution in [0, 0.1) is 0 Å². The fraction of sp³-hybridized carbons (Fsp3) is 0.250. The number of hydrogen-bond acceptors (Lipinski definition) is 4. The zero-order valence-electron chi connectivity index (χ0n) is 13.8. The molecule has 0 bridgehead atoms. The van der Waals surface area contributed by atoms with Crippen molar-refractivity contribution < 1.29 is 4.79 Å². The summed E-state index contributed by atoms with van der Waals surface area (Å²) in [5.74, 6) is 0.137. The van der Waals surface area contributed by atoms with Gasteiger partial charge in [0, 0.05) is 23.7 Å². The molecule has 2 aromatic heterocycles. The maximum Gasteiger partial charge on any atom is 0.229 e. The van der Waals surface area contributed by atoms with E-state index in [4.69, 9.17) is 0 Å². The SMILES string of the molecule is O=C(Cc1csc(-c2ccccc2)n1)N1CCC[C@H]1c1ccccn1. The smallest absolute Gasteiger partial charge is 0.229 e. The number of thiazole rings is 1. The Morgan fingerprint density at radius 2 is 2.00 bits per heavy atom. The molecule has 0 N–H and O–H groups in total. The molecule has 3 aromatic rings. The van der Waals surface area contributed by atoms with Gasteiger partial charge in [0.15, 0.2) is 0 Å². The van der Waals surface area contributed by atoms with Gasteiger partial charge in [0.25, 0.3) is 0 Å². The molecule has 0 saturated carbocycles. The third-order valence-electron chi connectivity index (χ3n) is 4.51. The fourth-order valence-electron chi connectivity index (χ4n) is 3.30. The number of likely N-dealkylation sites (tertiary alicyclic amines) is 1. The molecule has 1 fully saturated rings. The highest BCUT2D eigenvalue weighted by Crippen LogP contribution is 2.31. The van der Waals surface area contributed by atoms with Crippen LogP contribution in [0.3, 0.4) is 0 Å². The average Bonchev–Trinajstić information content (AvgIpc) is 3.33. The average molecular weight is 349 g/mol. The van der Waals surface area contributed by atoms with Gasteiger partial charge in [0.2, 0.25) is 5.91 Å². The van der Waals surface area contributed by atoms with Gasteiger partial charge in [-0.1, -0.05) is 36.4 Å². The summed E-state index contributed by atoms with van der Waals surface area (Å²) in [7, 11) is 0. The van der Waals surface area contributed by atoms with Crippen molar-refractivity contribution in [3.05, 3.63) is 71.5 Å². The van der Waals surface area contributed by atoms with Crippen LogP contribution in [0.4, 0.5) is 0 Å². The first-order valence-electron chi connectivity index (χ1n) is 8.51. The Morgan fingerprint density at radius 3 is 2.80 bits per heavy atom. The zero-order chi connectivity index (χ0) is 17.1. The minimum Gasteiger partial charge on any atom is -0.334 e. The number of nitrogens with zero attached hydrogens (tertiary/aromatic N) is 3. The van der Waals surface area contributed by atoms with E-state index < -0.39 is 0 Å². The lowest BCUT2D eigenvalue weighted by atomic mass is 10.1. The first kappa shape index (κ1) is 16.0. The van der Waals surface area contributed by atoms with Gasteiger partial charge in [0.1, 0.15) is 5.01 Å². The Bertz CT molecular complexity index is 848. The number of carbonyl (C=O) groups excluding carboxylic acids is 1. The molecule has 5 heteroatoms. The predicted octanol–water partition coefficient (Wildman–Crippen LogP) is 4.11. The van der Waals surface area contributed by atoms with Crippen molar-refractivity contribution in [2.24, 2.45) is 0 Å². The van der Waals surface area contributed by atoms with Gasteiger partial charge in [-0.15, -0.1) is 11.3 Å². The van der Waals surface area contributed by atoms with E-state index in [0.717, 1.165) is 41.3 Å². The first-order valence-corrected chi connectivity index (χ1v) is 9.39. The molecule has 126 valence electrons. The quantitative estimate of drug-likeness (QED) is 0.712. The molecule has 0 unspecified atom stereocenters. The topological polar surface area (TPSA) is 46.1 Å². The predicted molar refractivity (Wildman–Crippen MR) is 99.2 cm³/mol. The van der Waals surface area contributed by atoms with Crippen molar-refractivity contribution in [3.63, 3.8) is 0 Å². The van der Waals surface area contributed by atoms with Crippen LogP contribution in [0.25, 0.3) is 10.6 Å². The molecule has 0 radical (unpaired) electrons. The summed E-state index contributed by atoms with van der Waals surface area (Å²) in [5, 5.41) is 2.96. The summed E-state index contributed by atoms with van der Waals surface area (Å²) < 4.78 is 0. The molecule has 0 spiro atoms. The number of rotatable bonds is 4. The molecular weight excluding hydrogens is 330 g/mol. The number of amides is 1. The highest BCUT2D eigenvalue weighted by Gasteiger charge is 2.30. The van der Waals surface area contributed by atoms with E-state index in [-0.39, 0.29) is 11.9 Å².